The topological polar surface area (TPSA) is 57.6 Å². The Bertz CT molecular complexity index is 506. The maximum Gasteiger partial charge on any atom is 0.337 e. The summed E-state index contributed by atoms with van der Waals surface area (Å²) in [6.07, 6.45) is 0.319. The molecule has 0 saturated carbocycles. The van der Waals surface area contributed by atoms with E-state index in [1.165, 1.54) is 11.0 Å². The molecule has 18 heavy (non-hydrogen) atoms. The SMILES string of the molecule is O=C(O)c1ccc(F)cc1N1CC(CS)CC1=O. The predicted octanol–water partition coefficient (Wildman–Crippen LogP) is 1.81. The van der Waals surface area contributed by atoms with Crippen LogP contribution in [0.2, 0.25) is 0 Å². The summed E-state index contributed by atoms with van der Waals surface area (Å²) in [5.74, 6) is -1.31. The van der Waals surface area contributed by atoms with E-state index in [4.69, 9.17) is 5.11 Å². The number of carbonyl (C=O) groups is 2. The van der Waals surface area contributed by atoms with Crippen molar-refractivity contribution in [2.45, 2.75) is 6.42 Å². The summed E-state index contributed by atoms with van der Waals surface area (Å²) in [5.41, 5.74) is 0.0568. The number of halogens is 1. The largest absolute Gasteiger partial charge is 0.478 e. The smallest absolute Gasteiger partial charge is 0.337 e. The molecule has 4 nitrogen and oxygen atoms in total. The van der Waals surface area contributed by atoms with Crippen LogP contribution in [0.15, 0.2) is 18.2 Å². The summed E-state index contributed by atoms with van der Waals surface area (Å²) in [7, 11) is 0. The summed E-state index contributed by atoms with van der Waals surface area (Å²) >= 11 is 4.13. The van der Waals surface area contributed by atoms with Crippen molar-refractivity contribution in [3.63, 3.8) is 0 Å². The van der Waals surface area contributed by atoms with Crippen molar-refractivity contribution in [2.24, 2.45) is 5.92 Å². The summed E-state index contributed by atoms with van der Waals surface area (Å²) in [4.78, 5) is 24.2. The van der Waals surface area contributed by atoms with Gasteiger partial charge in [0, 0.05) is 13.0 Å². The Morgan fingerprint density at radius 1 is 1.56 bits per heavy atom. The molecule has 0 radical (unpaired) electrons. The summed E-state index contributed by atoms with van der Waals surface area (Å²) in [6.45, 7) is 0.381. The lowest BCUT2D eigenvalue weighted by Gasteiger charge is -2.18. The monoisotopic (exact) mass is 269 g/mol. The molecule has 1 saturated heterocycles. The van der Waals surface area contributed by atoms with Crippen LogP contribution < -0.4 is 4.90 Å². The van der Waals surface area contributed by atoms with Gasteiger partial charge >= 0.3 is 5.97 Å². The molecule has 6 heteroatoms. The summed E-state index contributed by atoms with van der Waals surface area (Å²) in [6, 6.07) is 3.33. The zero-order valence-corrected chi connectivity index (χ0v) is 10.4. The minimum absolute atomic E-state index is 0.0652. The van der Waals surface area contributed by atoms with Gasteiger partial charge in [-0.05, 0) is 29.9 Å². The van der Waals surface area contributed by atoms with Crippen LogP contribution >= 0.6 is 12.6 Å². The first kappa shape index (κ1) is 12.9. The van der Waals surface area contributed by atoms with Gasteiger partial charge in [-0.1, -0.05) is 0 Å². The number of carboxylic acids is 1. The number of amides is 1. The van der Waals surface area contributed by atoms with E-state index in [-0.39, 0.29) is 23.1 Å². The van der Waals surface area contributed by atoms with E-state index in [9.17, 15) is 14.0 Å². The van der Waals surface area contributed by atoms with Crippen LogP contribution in [0.4, 0.5) is 10.1 Å². The molecule has 1 aliphatic heterocycles. The van der Waals surface area contributed by atoms with Gasteiger partial charge in [-0.15, -0.1) is 0 Å². The number of carbonyl (C=O) groups excluding carboxylic acids is 1. The molecular formula is C12H12FNO3S. The molecule has 1 amide bonds. The first-order valence-electron chi connectivity index (χ1n) is 5.47. The molecule has 2 rings (SSSR count). The zero-order valence-electron chi connectivity index (χ0n) is 9.47. The second-order valence-corrected chi connectivity index (χ2v) is 4.59. The minimum Gasteiger partial charge on any atom is -0.478 e. The number of anilines is 1. The van der Waals surface area contributed by atoms with Crippen molar-refractivity contribution in [2.75, 3.05) is 17.2 Å². The van der Waals surface area contributed by atoms with Crippen LogP contribution in [0.3, 0.4) is 0 Å². The van der Waals surface area contributed by atoms with Crippen molar-refractivity contribution in [3.05, 3.63) is 29.6 Å². The fraction of sp³-hybridized carbons (Fsp3) is 0.333. The Labute approximate surface area is 109 Å². The van der Waals surface area contributed by atoms with Gasteiger partial charge in [0.15, 0.2) is 0 Å². The van der Waals surface area contributed by atoms with E-state index in [2.05, 4.69) is 12.6 Å². The number of hydrogen-bond acceptors (Lipinski definition) is 3. The lowest BCUT2D eigenvalue weighted by molar-refractivity contribution is -0.117. The second kappa shape index (κ2) is 4.97. The van der Waals surface area contributed by atoms with Gasteiger partial charge < -0.3 is 10.0 Å². The highest BCUT2D eigenvalue weighted by Gasteiger charge is 2.32. The van der Waals surface area contributed by atoms with Crippen LogP contribution in [0, 0.1) is 11.7 Å². The minimum atomic E-state index is -1.17. The van der Waals surface area contributed by atoms with E-state index < -0.39 is 11.8 Å². The standard InChI is InChI=1S/C12H12FNO3S/c13-8-1-2-9(12(16)17)10(4-8)14-5-7(6-18)3-11(14)15/h1-2,4,7,18H,3,5-6H2,(H,16,17). The average Bonchev–Trinajstić information content (AvgIpc) is 2.70. The highest BCUT2D eigenvalue weighted by atomic mass is 32.1. The Morgan fingerprint density at radius 2 is 2.28 bits per heavy atom. The highest BCUT2D eigenvalue weighted by Crippen LogP contribution is 2.29. The molecule has 0 spiro atoms. The van der Waals surface area contributed by atoms with E-state index >= 15 is 0 Å². The maximum atomic E-state index is 13.2. The van der Waals surface area contributed by atoms with Crippen LogP contribution in [0.5, 0.6) is 0 Å². The number of benzene rings is 1. The Balaban J connectivity index is 2.41. The molecule has 0 aliphatic carbocycles. The molecule has 0 aromatic heterocycles. The van der Waals surface area contributed by atoms with Gasteiger partial charge in [-0.25, -0.2) is 9.18 Å². The molecule has 1 atom stereocenters. The fourth-order valence-electron chi connectivity index (χ4n) is 2.05. The summed E-state index contributed by atoms with van der Waals surface area (Å²) < 4.78 is 13.2. The number of aromatic carboxylic acids is 1. The zero-order chi connectivity index (χ0) is 13.3. The Morgan fingerprint density at radius 3 is 2.83 bits per heavy atom. The Hall–Kier alpha value is -1.56. The molecule has 1 heterocycles. The molecule has 1 aliphatic rings. The first-order chi connectivity index (χ1) is 8.52. The number of carboxylic acid groups (broad SMARTS) is 1. The third-order valence-electron chi connectivity index (χ3n) is 2.94. The average molecular weight is 269 g/mol. The van der Waals surface area contributed by atoms with Gasteiger partial charge in [0.2, 0.25) is 5.91 Å². The van der Waals surface area contributed by atoms with Gasteiger partial charge in [-0.3, -0.25) is 4.79 Å². The van der Waals surface area contributed by atoms with Gasteiger partial charge in [0.05, 0.1) is 11.3 Å². The van der Waals surface area contributed by atoms with Crippen molar-refractivity contribution in [1.29, 1.82) is 0 Å². The van der Waals surface area contributed by atoms with Crippen LogP contribution in [0.1, 0.15) is 16.8 Å². The molecule has 1 N–H and O–H groups in total. The quantitative estimate of drug-likeness (QED) is 0.823. The number of hydrogen-bond donors (Lipinski definition) is 2. The predicted molar refractivity (Wildman–Crippen MR) is 67.7 cm³/mol. The normalized spacial score (nSPS) is 19.3. The van der Waals surface area contributed by atoms with Crippen LogP contribution in [0.25, 0.3) is 0 Å². The van der Waals surface area contributed by atoms with E-state index in [0.717, 1.165) is 12.1 Å². The van der Waals surface area contributed by atoms with Crippen LogP contribution in [-0.2, 0) is 4.79 Å². The summed E-state index contributed by atoms with van der Waals surface area (Å²) in [5, 5.41) is 9.05. The van der Waals surface area contributed by atoms with Crippen molar-refractivity contribution in [1.82, 2.24) is 0 Å². The molecule has 1 aromatic rings. The van der Waals surface area contributed by atoms with Crippen molar-refractivity contribution >= 4 is 30.2 Å². The lowest BCUT2D eigenvalue weighted by atomic mass is 10.1. The van der Waals surface area contributed by atoms with E-state index in [1.54, 1.807) is 0 Å². The highest BCUT2D eigenvalue weighted by molar-refractivity contribution is 7.80. The van der Waals surface area contributed by atoms with Gasteiger partial charge in [0.1, 0.15) is 5.82 Å². The fourth-order valence-corrected chi connectivity index (χ4v) is 2.29. The van der Waals surface area contributed by atoms with E-state index in [0.29, 0.717) is 18.7 Å². The second-order valence-electron chi connectivity index (χ2n) is 4.22. The number of thiol groups is 1. The molecule has 96 valence electrons. The first-order valence-corrected chi connectivity index (χ1v) is 6.10. The number of rotatable bonds is 3. The number of nitrogens with zero attached hydrogens (tertiary/aromatic N) is 1. The molecule has 1 fully saturated rings. The lowest BCUT2D eigenvalue weighted by Crippen LogP contribution is -2.26. The van der Waals surface area contributed by atoms with Crippen molar-refractivity contribution in [3.8, 4) is 0 Å². The van der Waals surface area contributed by atoms with Gasteiger partial charge in [-0.2, -0.15) is 12.6 Å². The Kier molecular flexibility index (Phi) is 3.56. The maximum absolute atomic E-state index is 13.2. The van der Waals surface area contributed by atoms with Gasteiger partial charge in [0.25, 0.3) is 0 Å². The van der Waals surface area contributed by atoms with Crippen molar-refractivity contribution < 1.29 is 19.1 Å². The molecule has 1 unspecified atom stereocenters. The third-order valence-corrected chi connectivity index (χ3v) is 3.46. The third kappa shape index (κ3) is 2.33. The molecule has 1 aromatic carbocycles. The molecular weight excluding hydrogens is 257 g/mol. The van der Waals surface area contributed by atoms with E-state index in [1.807, 2.05) is 0 Å². The molecule has 0 bridgehead atoms. The van der Waals surface area contributed by atoms with Crippen LogP contribution in [-0.4, -0.2) is 29.3 Å².